The first-order chi connectivity index (χ1) is 5.74. The van der Waals surface area contributed by atoms with Gasteiger partial charge in [-0.15, -0.1) is 0 Å². The Labute approximate surface area is 74.9 Å². The van der Waals surface area contributed by atoms with E-state index >= 15 is 0 Å². The summed E-state index contributed by atoms with van der Waals surface area (Å²) in [4.78, 5) is 2.22. The molecule has 0 N–H and O–H groups in total. The average molecular weight is 170 g/mol. The normalized spacial score (nSPS) is 12.9. The van der Waals surface area contributed by atoms with Crippen molar-refractivity contribution in [2.24, 2.45) is 5.92 Å². The number of nitriles is 1. The smallest absolute Gasteiger partial charge is 0.0666 e. The van der Waals surface area contributed by atoms with Crippen LogP contribution in [0.25, 0.3) is 0 Å². The van der Waals surface area contributed by atoms with Gasteiger partial charge in [-0.1, -0.05) is 6.92 Å². The van der Waals surface area contributed by atoms with Crippen molar-refractivity contribution in [3.63, 3.8) is 0 Å². The molecule has 3 nitrogen and oxygen atoms in total. The van der Waals surface area contributed by atoms with Crippen LogP contribution in [0.15, 0.2) is 0 Å². The molecule has 0 aromatic rings. The van der Waals surface area contributed by atoms with Gasteiger partial charge in [-0.05, 0) is 13.5 Å². The van der Waals surface area contributed by atoms with Crippen molar-refractivity contribution in [2.75, 3.05) is 33.4 Å². The zero-order chi connectivity index (χ0) is 9.40. The lowest BCUT2D eigenvalue weighted by atomic mass is 10.2. The largest absolute Gasteiger partial charge is 0.383 e. The van der Waals surface area contributed by atoms with Gasteiger partial charge >= 0.3 is 0 Å². The first-order valence-electron chi connectivity index (χ1n) is 4.35. The third-order valence-corrected chi connectivity index (χ3v) is 1.81. The quantitative estimate of drug-likeness (QED) is 0.599. The molecule has 0 aromatic carbocycles. The van der Waals surface area contributed by atoms with E-state index in [9.17, 15) is 0 Å². The molecule has 0 saturated heterocycles. The Bertz CT molecular complexity index is 142. The molecule has 0 amide bonds. The molecule has 3 heteroatoms. The number of likely N-dealkylation sites (N-methyl/N-ethyl adjacent to an activating group) is 1. The lowest BCUT2D eigenvalue weighted by molar-refractivity contribution is 0.146. The zero-order valence-corrected chi connectivity index (χ0v) is 8.21. The molecule has 0 radical (unpaired) electrons. The van der Waals surface area contributed by atoms with Crippen LogP contribution in [0, 0.1) is 17.2 Å². The molecule has 0 aliphatic carbocycles. The first kappa shape index (κ1) is 11.4. The van der Waals surface area contributed by atoms with Gasteiger partial charge in [-0.25, -0.2) is 0 Å². The van der Waals surface area contributed by atoms with Crippen LogP contribution in [0.5, 0.6) is 0 Å². The first-order valence-corrected chi connectivity index (χ1v) is 4.35. The molecule has 0 saturated carbocycles. The minimum absolute atomic E-state index is 0.113. The van der Waals surface area contributed by atoms with Crippen molar-refractivity contribution in [3.8, 4) is 6.07 Å². The molecule has 0 spiro atoms. The third kappa shape index (κ3) is 5.11. The van der Waals surface area contributed by atoms with E-state index in [2.05, 4.69) is 17.9 Å². The standard InChI is InChI=1S/C9H18N2O/c1-4-11(5-6-12-3)8-9(2)7-10/h9H,4-6,8H2,1-3H3. The summed E-state index contributed by atoms with van der Waals surface area (Å²) in [6, 6.07) is 2.22. The number of methoxy groups -OCH3 is 1. The summed E-state index contributed by atoms with van der Waals surface area (Å²) < 4.78 is 4.96. The topological polar surface area (TPSA) is 36.3 Å². The molecule has 12 heavy (non-hydrogen) atoms. The number of ether oxygens (including phenoxy) is 1. The summed E-state index contributed by atoms with van der Waals surface area (Å²) in [5, 5.41) is 8.60. The maximum atomic E-state index is 8.60. The Morgan fingerprint density at radius 3 is 2.67 bits per heavy atom. The van der Waals surface area contributed by atoms with Gasteiger partial charge in [0.2, 0.25) is 0 Å². The van der Waals surface area contributed by atoms with E-state index in [-0.39, 0.29) is 5.92 Å². The van der Waals surface area contributed by atoms with Crippen LogP contribution >= 0.6 is 0 Å². The Morgan fingerprint density at radius 2 is 2.25 bits per heavy atom. The molecule has 0 heterocycles. The van der Waals surface area contributed by atoms with Gasteiger partial charge in [-0.3, -0.25) is 0 Å². The van der Waals surface area contributed by atoms with Crippen molar-refractivity contribution in [2.45, 2.75) is 13.8 Å². The maximum absolute atomic E-state index is 8.60. The Balaban J connectivity index is 3.60. The summed E-state index contributed by atoms with van der Waals surface area (Å²) in [5.41, 5.74) is 0. The van der Waals surface area contributed by atoms with E-state index in [0.717, 1.165) is 26.2 Å². The van der Waals surface area contributed by atoms with Gasteiger partial charge in [0.15, 0.2) is 0 Å². The highest BCUT2D eigenvalue weighted by Crippen LogP contribution is 1.97. The van der Waals surface area contributed by atoms with E-state index in [1.54, 1.807) is 7.11 Å². The fraction of sp³-hybridized carbons (Fsp3) is 0.889. The van der Waals surface area contributed by atoms with Crippen LogP contribution < -0.4 is 0 Å². The molecule has 0 bridgehead atoms. The van der Waals surface area contributed by atoms with E-state index in [1.807, 2.05) is 6.92 Å². The minimum Gasteiger partial charge on any atom is -0.383 e. The SMILES string of the molecule is CCN(CCOC)CC(C)C#N. The number of rotatable bonds is 6. The molecule has 1 atom stereocenters. The highest BCUT2D eigenvalue weighted by atomic mass is 16.5. The van der Waals surface area contributed by atoms with Crippen LogP contribution in [-0.2, 0) is 4.74 Å². The van der Waals surface area contributed by atoms with Gasteiger partial charge in [0.05, 0.1) is 18.6 Å². The van der Waals surface area contributed by atoms with E-state index in [1.165, 1.54) is 0 Å². The number of nitrogens with zero attached hydrogens (tertiary/aromatic N) is 2. The molecular formula is C9H18N2O. The van der Waals surface area contributed by atoms with Crippen molar-refractivity contribution in [3.05, 3.63) is 0 Å². The fourth-order valence-electron chi connectivity index (χ4n) is 1.03. The molecule has 0 aliphatic rings. The van der Waals surface area contributed by atoms with E-state index < -0.39 is 0 Å². The molecular weight excluding hydrogens is 152 g/mol. The molecule has 0 aliphatic heterocycles. The van der Waals surface area contributed by atoms with Gasteiger partial charge in [-0.2, -0.15) is 5.26 Å². The van der Waals surface area contributed by atoms with Gasteiger partial charge in [0.25, 0.3) is 0 Å². The van der Waals surface area contributed by atoms with Crippen LogP contribution in [0.4, 0.5) is 0 Å². The zero-order valence-electron chi connectivity index (χ0n) is 8.21. The maximum Gasteiger partial charge on any atom is 0.0666 e. The van der Waals surface area contributed by atoms with Gasteiger partial charge < -0.3 is 9.64 Å². The lowest BCUT2D eigenvalue weighted by Crippen LogP contribution is -2.31. The second kappa shape index (κ2) is 7.08. The third-order valence-electron chi connectivity index (χ3n) is 1.81. The Kier molecular flexibility index (Phi) is 6.73. The minimum atomic E-state index is 0.113. The van der Waals surface area contributed by atoms with Crippen LogP contribution in [-0.4, -0.2) is 38.3 Å². The summed E-state index contributed by atoms with van der Waals surface area (Å²) in [6.45, 7) is 7.52. The van der Waals surface area contributed by atoms with Crippen molar-refractivity contribution in [1.29, 1.82) is 5.26 Å². The second-order valence-electron chi connectivity index (χ2n) is 2.92. The monoisotopic (exact) mass is 170 g/mol. The Hall–Kier alpha value is -0.590. The van der Waals surface area contributed by atoms with Gasteiger partial charge in [0, 0.05) is 20.2 Å². The predicted octanol–water partition coefficient (Wildman–Crippen LogP) is 1.11. The van der Waals surface area contributed by atoms with Crippen LogP contribution in [0.3, 0.4) is 0 Å². The fourth-order valence-corrected chi connectivity index (χ4v) is 1.03. The molecule has 0 fully saturated rings. The van der Waals surface area contributed by atoms with Crippen molar-refractivity contribution >= 4 is 0 Å². The summed E-state index contributed by atoms with van der Waals surface area (Å²) in [7, 11) is 1.70. The van der Waals surface area contributed by atoms with E-state index in [4.69, 9.17) is 10.00 Å². The number of hydrogen-bond donors (Lipinski definition) is 0. The highest BCUT2D eigenvalue weighted by Gasteiger charge is 2.06. The van der Waals surface area contributed by atoms with E-state index in [0.29, 0.717) is 0 Å². The highest BCUT2D eigenvalue weighted by molar-refractivity contribution is 4.81. The summed E-state index contributed by atoms with van der Waals surface area (Å²) in [5.74, 6) is 0.113. The van der Waals surface area contributed by atoms with Crippen LogP contribution in [0.2, 0.25) is 0 Å². The second-order valence-corrected chi connectivity index (χ2v) is 2.92. The molecule has 1 unspecified atom stereocenters. The summed E-state index contributed by atoms with van der Waals surface area (Å²) in [6.07, 6.45) is 0. The molecule has 70 valence electrons. The molecule has 0 aromatic heterocycles. The summed E-state index contributed by atoms with van der Waals surface area (Å²) >= 11 is 0. The van der Waals surface area contributed by atoms with Crippen molar-refractivity contribution < 1.29 is 4.74 Å². The Morgan fingerprint density at radius 1 is 1.58 bits per heavy atom. The lowest BCUT2D eigenvalue weighted by Gasteiger charge is -2.20. The van der Waals surface area contributed by atoms with Gasteiger partial charge in [0.1, 0.15) is 0 Å². The molecule has 0 rings (SSSR count). The van der Waals surface area contributed by atoms with Crippen LogP contribution in [0.1, 0.15) is 13.8 Å². The van der Waals surface area contributed by atoms with Crippen molar-refractivity contribution in [1.82, 2.24) is 4.90 Å². The number of hydrogen-bond acceptors (Lipinski definition) is 3. The average Bonchev–Trinajstić information content (AvgIpc) is 2.11. The predicted molar refractivity (Wildman–Crippen MR) is 48.8 cm³/mol.